The van der Waals surface area contributed by atoms with Gasteiger partial charge in [0.15, 0.2) is 0 Å². The predicted molar refractivity (Wildman–Crippen MR) is 52.2 cm³/mol. The van der Waals surface area contributed by atoms with Gasteiger partial charge in [-0.15, -0.1) is 11.3 Å². The van der Waals surface area contributed by atoms with Gasteiger partial charge >= 0.3 is 5.97 Å². The van der Waals surface area contributed by atoms with Crippen molar-refractivity contribution in [3.8, 4) is 0 Å². The second kappa shape index (κ2) is 3.36. The minimum absolute atomic E-state index is 0.221. The lowest BCUT2D eigenvalue weighted by Crippen LogP contribution is -2.09. The molecule has 0 aliphatic carbocycles. The van der Waals surface area contributed by atoms with Crippen molar-refractivity contribution in [1.29, 1.82) is 0 Å². The van der Waals surface area contributed by atoms with Crippen LogP contribution in [0.5, 0.6) is 0 Å². The van der Waals surface area contributed by atoms with E-state index in [4.69, 9.17) is 5.11 Å². The predicted octanol–water partition coefficient (Wildman–Crippen LogP) is 1.41. The number of carboxylic acid groups (broad SMARTS) is 1. The smallest absolute Gasteiger partial charge is 0.339 e. The van der Waals surface area contributed by atoms with Crippen molar-refractivity contribution in [2.75, 3.05) is 0 Å². The van der Waals surface area contributed by atoms with Crippen LogP contribution in [0.4, 0.5) is 0 Å². The molecule has 0 saturated carbocycles. The number of aliphatic hydroxyl groups excluding tert-OH is 1. The van der Waals surface area contributed by atoms with Gasteiger partial charge < -0.3 is 10.2 Å². The van der Waals surface area contributed by atoms with Crippen molar-refractivity contribution in [2.45, 2.75) is 6.10 Å². The Morgan fingerprint density at radius 1 is 1.43 bits per heavy atom. The fraction of sp³-hybridized carbons (Fsp3) is 0.111. The van der Waals surface area contributed by atoms with Crippen LogP contribution in [-0.4, -0.2) is 21.2 Å². The van der Waals surface area contributed by atoms with E-state index in [1.54, 1.807) is 6.07 Å². The van der Waals surface area contributed by atoms with E-state index in [2.05, 4.69) is 4.98 Å². The van der Waals surface area contributed by atoms with Gasteiger partial charge in [0.1, 0.15) is 5.01 Å². The molecule has 0 bridgehead atoms. The molecule has 0 saturated heterocycles. The number of rotatable bonds is 2. The normalized spacial score (nSPS) is 12.9. The number of para-hydroxylation sites is 1. The average Bonchev–Trinajstić information content (AvgIpc) is 2.59. The molecular formula is C9H7NO3S. The Morgan fingerprint density at radius 2 is 2.14 bits per heavy atom. The van der Waals surface area contributed by atoms with E-state index in [1.165, 1.54) is 11.3 Å². The summed E-state index contributed by atoms with van der Waals surface area (Å²) in [7, 11) is 0. The molecule has 1 aromatic heterocycles. The Hall–Kier alpha value is -1.46. The summed E-state index contributed by atoms with van der Waals surface area (Å²) in [6.07, 6.45) is -1.52. The van der Waals surface area contributed by atoms with Gasteiger partial charge in [0.25, 0.3) is 0 Å². The van der Waals surface area contributed by atoms with Gasteiger partial charge in [0.2, 0.25) is 6.10 Å². The van der Waals surface area contributed by atoms with E-state index in [0.717, 1.165) is 4.70 Å². The zero-order chi connectivity index (χ0) is 10.1. The summed E-state index contributed by atoms with van der Waals surface area (Å²) in [5, 5.41) is 18.0. The number of aromatic nitrogens is 1. The number of aliphatic hydroxyl groups is 1. The van der Waals surface area contributed by atoms with Crippen molar-refractivity contribution < 1.29 is 15.0 Å². The van der Waals surface area contributed by atoms with Crippen LogP contribution in [0.1, 0.15) is 11.1 Å². The van der Waals surface area contributed by atoms with E-state index in [9.17, 15) is 9.90 Å². The van der Waals surface area contributed by atoms with Gasteiger partial charge in [-0.1, -0.05) is 12.1 Å². The second-order valence-electron chi connectivity index (χ2n) is 2.76. The van der Waals surface area contributed by atoms with Crippen LogP contribution in [-0.2, 0) is 4.79 Å². The summed E-state index contributed by atoms with van der Waals surface area (Å²) in [5.74, 6) is -1.27. The van der Waals surface area contributed by atoms with Gasteiger partial charge in [0, 0.05) is 0 Å². The van der Waals surface area contributed by atoms with Crippen molar-refractivity contribution in [2.24, 2.45) is 0 Å². The van der Waals surface area contributed by atoms with E-state index in [1.807, 2.05) is 18.2 Å². The van der Waals surface area contributed by atoms with Crippen molar-refractivity contribution in [3.05, 3.63) is 29.3 Å². The summed E-state index contributed by atoms with van der Waals surface area (Å²) in [4.78, 5) is 14.5. The summed E-state index contributed by atoms with van der Waals surface area (Å²) in [6.45, 7) is 0. The van der Waals surface area contributed by atoms with Crippen molar-refractivity contribution in [3.63, 3.8) is 0 Å². The fourth-order valence-electron chi connectivity index (χ4n) is 1.11. The fourth-order valence-corrected chi connectivity index (χ4v) is 2.06. The lowest BCUT2D eigenvalue weighted by atomic mass is 10.3. The molecule has 0 amide bonds. The second-order valence-corrected chi connectivity index (χ2v) is 3.82. The highest BCUT2D eigenvalue weighted by Gasteiger charge is 2.19. The Morgan fingerprint density at radius 3 is 2.79 bits per heavy atom. The summed E-state index contributed by atoms with van der Waals surface area (Å²) < 4.78 is 0.878. The Bertz CT molecular complexity index is 447. The molecule has 2 N–H and O–H groups in total. The third-order valence-electron chi connectivity index (χ3n) is 1.78. The summed E-state index contributed by atoms with van der Waals surface area (Å²) in [5.41, 5.74) is 0.716. The van der Waals surface area contributed by atoms with Crippen LogP contribution in [0.15, 0.2) is 24.3 Å². The highest BCUT2D eigenvalue weighted by molar-refractivity contribution is 7.18. The molecule has 1 aromatic carbocycles. The molecular weight excluding hydrogens is 202 g/mol. The molecule has 72 valence electrons. The first kappa shape index (κ1) is 9.11. The van der Waals surface area contributed by atoms with Crippen molar-refractivity contribution in [1.82, 2.24) is 4.98 Å². The van der Waals surface area contributed by atoms with Gasteiger partial charge in [0.05, 0.1) is 10.2 Å². The molecule has 1 unspecified atom stereocenters. The van der Waals surface area contributed by atoms with Crippen LogP contribution >= 0.6 is 11.3 Å². The Kier molecular flexibility index (Phi) is 2.18. The zero-order valence-corrected chi connectivity index (χ0v) is 7.86. The Labute approximate surface area is 83.5 Å². The van der Waals surface area contributed by atoms with Crippen LogP contribution in [0.2, 0.25) is 0 Å². The molecule has 1 heterocycles. The van der Waals surface area contributed by atoms with Gasteiger partial charge in [-0.3, -0.25) is 0 Å². The molecule has 0 aliphatic rings. The van der Waals surface area contributed by atoms with Crippen LogP contribution in [0, 0.1) is 0 Å². The van der Waals surface area contributed by atoms with Gasteiger partial charge in [-0.2, -0.15) is 0 Å². The van der Waals surface area contributed by atoms with Crippen LogP contribution in [0.3, 0.4) is 0 Å². The highest BCUT2D eigenvalue weighted by Crippen LogP contribution is 2.26. The lowest BCUT2D eigenvalue weighted by molar-refractivity contribution is -0.146. The number of carboxylic acids is 1. The van der Waals surface area contributed by atoms with Crippen molar-refractivity contribution >= 4 is 27.5 Å². The highest BCUT2D eigenvalue weighted by atomic mass is 32.1. The first-order chi connectivity index (χ1) is 6.68. The molecule has 0 aliphatic heterocycles. The van der Waals surface area contributed by atoms with E-state index >= 15 is 0 Å². The molecule has 14 heavy (non-hydrogen) atoms. The average molecular weight is 209 g/mol. The molecule has 1 atom stereocenters. The van der Waals surface area contributed by atoms with E-state index in [-0.39, 0.29) is 5.01 Å². The first-order valence-electron chi connectivity index (χ1n) is 3.95. The maximum Gasteiger partial charge on any atom is 0.339 e. The molecule has 0 radical (unpaired) electrons. The van der Waals surface area contributed by atoms with Crippen LogP contribution in [0.25, 0.3) is 10.2 Å². The molecule has 2 aromatic rings. The number of aliphatic carboxylic acids is 1. The largest absolute Gasteiger partial charge is 0.479 e. The Balaban J connectivity index is 2.50. The minimum Gasteiger partial charge on any atom is -0.479 e. The number of carbonyl (C=O) groups is 1. The molecule has 5 heteroatoms. The SMILES string of the molecule is O=C(O)C(O)c1nc2ccccc2s1. The van der Waals surface area contributed by atoms with Gasteiger partial charge in [-0.25, -0.2) is 9.78 Å². The number of fused-ring (bicyclic) bond motifs is 1. The maximum absolute atomic E-state index is 10.5. The minimum atomic E-state index is -1.52. The molecule has 4 nitrogen and oxygen atoms in total. The molecule has 0 fully saturated rings. The third kappa shape index (κ3) is 1.47. The topological polar surface area (TPSA) is 70.4 Å². The number of benzene rings is 1. The zero-order valence-electron chi connectivity index (χ0n) is 7.04. The third-order valence-corrected chi connectivity index (χ3v) is 2.87. The van der Waals surface area contributed by atoms with E-state index < -0.39 is 12.1 Å². The van der Waals surface area contributed by atoms with Crippen LogP contribution < -0.4 is 0 Å². The standard InChI is InChI=1S/C9H7NO3S/c11-7(9(12)13)8-10-5-3-1-2-4-6(5)14-8/h1-4,7,11H,(H,12,13). The number of thiazole rings is 1. The summed E-state index contributed by atoms with van der Waals surface area (Å²) in [6, 6.07) is 7.28. The number of hydrogen-bond donors (Lipinski definition) is 2. The van der Waals surface area contributed by atoms with E-state index in [0.29, 0.717) is 5.52 Å². The molecule has 0 spiro atoms. The lowest BCUT2D eigenvalue weighted by Gasteiger charge is -1.97. The monoisotopic (exact) mass is 209 g/mol. The number of nitrogens with zero attached hydrogens (tertiary/aromatic N) is 1. The molecule has 2 rings (SSSR count). The van der Waals surface area contributed by atoms with Gasteiger partial charge in [-0.05, 0) is 12.1 Å². The number of hydrogen-bond acceptors (Lipinski definition) is 4. The first-order valence-corrected chi connectivity index (χ1v) is 4.76. The summed E-state index contributed by atoms with van der Waals surface area (Å²) >= 11 is 1.19. The maximum atomic E-state index is 10.5. The quantitative estimate of drug-likeness (QED) is 0.784.